The smallest absolute Gasteiger partial charge is 0.416 e. The molecule has 3 aromatic rings. The molecule has 27 heavy (non-hydrogen) atoms. The van der Waals surface area contributed by atoms with E-state index in [9.17, 15) is 13.2 Å². The van der Waals surface area contributed by atoms with Crippen molar-refractivity contribution in [2.45, 2.75) is 12.7 Å². The molecule has 0 bridgehead atoms. The number of hydrogen-bond donors (Lipinski definition) is 2. The van der Waals surface area contributed by atoms with Crippen LogP contribution in [0.15, 0.2) is 48.7 Å². The van der Waals surface area contributed by atoms with Crippen molar-refractivity contribution < 1.29 is 22.6 Å². The molecule has 1 aromatic heterocycles. The first-order chi connectivity index (χ1) is 12.9. The van der Waals surface area contributed by atoms with Gasteiger partial charge in [0.05, 0.1) is 25.5 Å². The van der Waals surface area contributed by atoms with Gasteiger partial charge < -0.3 is 14.8 Å². The molecule has 0 saturated carbocycles. The molecule has 0 amide bonds. The van der Waals surface area contributed by atoms with Crippen LogP contribution in [-0.2, 0) is 12.7 Å². The van der Waals surface area contributed by atoms with E-state index in [2.05, 4.69) is 15.5 Å². The van der Waals surface area contributed by atoms with Crippen LogP contribution < -0.4 is 14.8 Å². The van der Waals surface area contributed by atoms with E-state index in [1.807, 2.05) is 6.07 Å². The predicted octanol–water partition coefficient (Wildman–Crippen LogP) is 4.72. The summed E-state index contributed by atoms with van der Waals surface area (Å²) in [5, 5.41) is 10.2. The van der Waals surface area contributed by atoms with Crippen molar-refractivity contribution in [2.24, 2.45) is 0 Å². The van der Waals surface area contributed by atoms with Gasteiger partial charge in [-0.05, 0) is 24.3 Å². The Bertz CT molecular complexity index is 905. The molecule has 8 heteroatoms. The van der Waals surface area contributed by atoms with Gasteiger partial charge in [-0.25, -0.2) is 0 Å². The van der Waals surface area contributed by atoms with E-state index in [0.717, 1.165) is 23.4 Å². The molecular formula is C19H18F3N3O2. The molecule has 5 nitrogen and oxygen atoms in total. The van der Waals surface area contributed by atoms with Crippen molar-refractivity contribution in [2.75, 3.05) is 19.5 Å². The van der Waals surface area contributed by atoms with Gasteiger partial charge in [-0.3, -0.25) is 5.10 Å². The summed E-state index contributed by atoms with van der Waals surface area (Å²) in [5.41, 5.74) is 2.15. The minimum atomic E-state index is -4.36. The number of benzene rings is 2. The Hall–Kier alpha value is -3.16. The Morgan fingerprint density at radius 1 is 1.00 bits per heavy atom. The van der Waals surface area contributed by atoms with Crippen LogP contribution in [0.2, 0.25) is 0 Å². The third-order valence-corrected chi connectivity index (χ3v) is 4.07. The van der Waals surface area contributed by atoms with Gasteiger partial charge in [0, 0.05) is 35.6 Å². The largest absolute Gasteiger partial charge is 0.493 e. The quantitative estimate of drug-likeness (QED) is 0.652. The highest BCUT2D eigenvalue weighted by Crippen LogP contribution is 2.32. The van der Waals surface area contributed by atoms with Crippen molar-refractivity contribution in [1.82, 2.24) is 10.2 Å². The summed E-state index contributed by atoms with van der Waals surface area (Å²) < 4.78 is 48.6. The fourth-order valence-corrected chi connectivity index (χ4v) is 2.66. The SMILES string of the molecule is COc1ccc(NCc2c[nH]nc2-c2ccc(C(F)(F)F)cc2)cc1OC. The summed E-state index contributed by atoms with van der Waals surface area (Å²) in [6.07, 6.45) is -2.65. The highest BCUT2D eigenvalue weighted by molar-refractivity contribution is 5.64. The molecule has 0 aliphatic heterocycles. The number of H-pyrrole nitrogens is 1. The lowest BCUT2D eigenvalue weighted by Crippen LogP contribution is -2.04. The monoisotopic (exact) mass is 377 g/mol. The van der Waals surface area contributed by atoms with E-state index in [4.69, 9.17) is 9.47 Å². The van der Waals surface area contributed by atoms with Crippen LogP contribution in [0.1, 0.15) is 11.1 Å². The van der Waals surface area contributed by atoms with Crippen molar-refractivity contribution in [3.8, 4) is 22.8 Å². The minimum Gasteiger partial charge on any atom is -0.493 e. The number of hydrogen-bond acceptors (Lipinski definition) is 4. The Morgan fingerprint density at radius 2 is 1.70 bits per heavy atom. The van der Waals surface area contributed by atoms with Crippen molar-refractivity contribution >= 4 is 5.69 Å². The van der Waals surface area contributed by atoms with Crippen molar-refractivity contribution in [3.63, 3.8) is 0 Å². The van der Waals surface area contributed by atoms with Gasteiger partial charge in [-0.1, -0.05) is 12.1 Å². The fourth-order valence-electron chi connectivity index (χ4n) is 2.66. The molecule has 0 saturated heterocycles. The van der Waals surface area contributed by atoms with Gasteiger partial charge in [0.1, 0.15) is 0 Å². The normalized spacial score (nSPS) is 11.3. The third-order valence-electron chi connectivity index (χ3n) is 4.07. The lowest BCUT2D eigenvalue weighted by atomic mass is 10.1. The summed E-state index contributed by atoms with van der Waals surface area (Å²) >= 11 is 0. The number of aromatic amines is 1. The van der Waals surface area contributed by atoms with Crippen LogP contribution in [0.3, 0.4) is 0 Å². The lowest BCUT2D eigenvalue weighted by molar-refractivity contribution is -0.137. The Balaban J connectivity index is 1.76. The number of methoxy groups -OCH3 is 2. The van der Waals surface area contributed by atoms with Gasteiger partial charge in [0.2, 0.25) is 0 Å². The second-order valence-corrected chi connectivity index (χ2v) is 5.76. The topological polar surface area (TPSA) is 59.2 Å². The molecule has 0 aliphatic carbocycles. The molecule has 0 fully saturated rings. The predicted molar refractivity (Wildman–Crippen MR) is 95.9 cm³/mol. The molecule has 0 spiro atoms. The maximum atomic E-state index is 12.7. The number of ether oxygens (including phenoxy) is 2. The van der Waals surface area contributed by atoms with Crippen LogP contribution in [0.4, 0.5) is 18.9 Å². The zero-order valence-electron chi connectivity index (χ0n) is 14.7. The van der Waals surface area contributed by atoms with E-state index < -0.39 is 11.7 Å². The first-order valence-corrected chi connectivity index (χ1v) is 8.08. The number of anilines is 1. The highest BCUT2D eigenvalue weighted by atomic mass is 19.4. The van der Waals surface area contributed by atoms with E-state index in [0.29, 0.717) is 29.3 Å². The number of aromatic nitrogens is 2. The maximum absolute atomic E-state index is 12.7. The van der Waals surface area contributed by atoms with E-state index in [1.54, 1.807) is 32.5 Å². The lowest BCUT2D eigenvalue weighted by Gasteiger charge is -2.11. The molecule has 0 unspecified atom stereocenters. The van der Waals surface area contributed by atoms with Crippen molar-refractivity contribution in [1.29, 1.82) is 0 Å². The van der Waals surface area contributed by atoms with Gasteiger partial charge in [-0.2, -0.15) is 18.3 Å². The van der Waals surface area contributed by atoms with Crippen LogP contribution >= 0.6 is 0 Å². The zero-order valence-corrected chi connectivity index (χ0v) is 14.7. The fraction of sp³-hybridized carbons (Fsp3) is 0.211. The Labute approximate surface area is 154 Å². The summed E-state index contributed by atoms with van der Waals surface area (Å²) in [6, 6.07) is 10.4. The van der Waals surface area contributed by atoms with Crippen LogP contribution in [0.25, 0.3) is 11.3 Å². The molecule has 2 aromatic carbocycles. The van der Waals surface area contributed by atoms with Crippen molar-refractivity contribution in [3.05, 3.63) is 59.8 Å². The van der Waals surface area contributed by atoms with E-state index in [1.165, 1.54) is 12.1 Å². The molecule has 0 aliphatic rings. The minimum absolute atomic E-state index is 0.433. The Morgan fingerprint density at radius 3 is 2.33 bits per heavy atom. The highest BCUT2D eigenvalue weighted by Gasteiger charge is 2.30. The number of nitrogens with zero attached hydrogens (tertiary/aromatic N) is 1. The van der Waals surface area contributed by atoms with Gasteiger partial charge in [0.25, 0.3) is 0 Å². The van der Waals surface area contributed by atoms with Gasteiger partial charge in [-0.15, -0.1) is 0 Å². The number of alkyl halides is 3. The summed E-state index contributed by atoms with van der Waals surface area (Å²) in [7, 11) is 3.12. The second kappa shape index (κ2) is 7.61. The van der Waals surface area contributed by atoms with Gasteiger partial charge >= 0.3 is 6.18 Å². The molecule has 0 radical (unpaired) electrons. The van der Waals surface area contributed by atoms with E-state index >= 15 is 0 Å². The van der Waals surface area contributed by atoms with Gasteiger partial charge in [0.15, 0.2) is 11.5 Å². The third kappa shape index (κ3) is 4.16. The molecule has 142 valence electrons. The second-order valence-electron chi connectivity index (χ2n) is 5.76. The molecule has 0 atom stereocenters. The standard InChI is InChI=1S/C19H18F3N3O2/c1-26-16-8-7-15(9-17(16)27-2)23-10-13-11-24-25-18(13)12-3-5-14(6-4-12)19(20,21)22/h3-9,11,23H,10H2,1-2H3,(H,24,25). The molecular weight excluding hydrogens is 359 g/mol. The van der Waals surface area contributed by atoms with Crippen LogP contribution in [0, 0.1) is 0 Å². The number of rotatable bonds is 6. The molecule has 3 rings (SSSR count). The average Bonchev–Trinajstić information content (AvgIpc) is 3.14. The van der Waals surface area contributed by atoms with Crippen LogP contribution in [0.5, 0.6) is 11.5 Å². The maximum Gasteiger partial charge on any atom is 0.416 e. The van der Waals surface area contributed by atoms with E-state index in [-0.39, 0.29) is 0 Å². The first kappa shape index (κ1) is 18.6. The summed E-state index contributed by atoms with van der Waals surface area (Å²) in [6.45, 7) is 0.433. The summed E-state index contributed by atoms with van der Waals surface area (Å²) in [4.78, 5) is 0. The average molecular weight is 377 g/mol. The number of nitrogens with one attached hydrogen (secondary N) is 2. The van der Waals surface area contributed by atoms with Crippen LogP contribution in [-0.4, -0.2) is 24.4 Å². The summed E-state index contributed by atoms with van der Waals surface area (Å²) in [5.74, 6) is 1.22. The Kier molecular flexibility index (Phi) is 5.25. The molecule has 2 N–H and O–H groups in total. The zero-order chi connectivity index (χ0) is 19.4. The first-order valence-electron chi connectivity index (χ1n) is 8.08. The molecule has 1 heterocycles. The number of halogens is 3.